The van der Waals surface area contributed by atoms with Crippen LogP contribution in [0.4, 0.5) is 0 Å². The van der Waals surface area contributed by atoms with Gasteiger partial charge in [0.05, 0.1) is 24.1 Å². The summed E-state index contributed by atoms with van der Waals surface area (Å²) >= 11 is 1.53. The Balaban J connectivity index is 1.56. The minimum Gasteiger partial charge on any atom is -0.494 e. The quantitative estimate of drug-likeness (QED) is 0.539. The summed E-state index contributed by atoms with van der Waals surface area (Å²) in [5, 5.41) is 4.12. The first-order valence-electron chi connectivity index (χ1n) is 9.14. The lowest BCUT2D eigenvalue weighted by molar-refractivity contribution is -0.128. The maximum Gasteiger partial charge on any atom is 0.233 e. The Hall–Kier alpha value is -2.80. The average molecular weight is 397 g/mol. The third kappa shape index (κ3) is 4.92. The van der Waals surface area contributed by atoms with Gasteiger partial charge in [0.2, 0.25) is 5.91 Å². The number of carbonyl (C=O) groups excluding carboxylic acids is 1. The van der Waals surface area contributed by atoms with Gasteiger partial charge in [-0.15, -0.1) is 11.8 Å². The van der Waals surface area contributed by atoms with Gasteiger partial charge in [-0.25, -0.2) is 9.67 Å². The standard InChI is InChI=1S/C21H24N4O2S/c1-4-27-19-9-11-20(12-10-19)28-13-21(26)24(3)16(2)17-5-7-18(8-6-17)25-15-22-14-23-25/h5-12,14-16H,4,13H2,1-3H3/t16-/m1/s1. The van der Waals surface area contributed by atoms with Crippen LogP contribution in [0.3, 0.4) is 0 Å². The molecular formula is C21H24N4O2S. The number of hydrogen-bond acceptors (Lipinski definition) is 5. The molecule has 0 radical (unpaired) electrons. The first-order valence-corrected chi connectivity index (χ1v) is 10.1. The summed E-state index contributed by atoms with van der Waals surface area (Å²) in [5.74, 6) is 1.33. The minimum atomic E-state index is -0.0155. The second-order valence-corrected chi connectivity index (χ2v) is 7.35. The highest BCUT2D eigenvalue weighted by molar-refractivity contribution is 8.00. The van der Waals surface area contributed by atoms with Crippen molar-refractivity contribution >= 4 is 17.7 Å². The summed E-state index contributed by atoms with van der Waals surface area (Å²) in [5.41, 5.74) is 2.01. The van der Waals surface area contributed by atoms with Gasteiger partial charge in [-0.3, -0.25) is 4.79 Å². The first-order chi connectivity index (χ1) is 13.6. The molecule has 0 bridgehead atoms. The van der Waals surface area contributed by atoms with E-state index >= 15 is 0 Å². The normalized spacial score (nSPS) is 11.8. The van der Waals surface area contributed by atoms with E-state index in [1.54, 1.807) is 15.9 Å². The molecule has 1 atom stereocenters. The van der Waals surface area contributed by atoms with Crippen LogP contribution in [0.15, 0.2) is 66.1 Å². The molecule has 0 saturated heterocycles. The van der Waals surface area contributed by atoms with Gasteiger partial charge in [0.1, 0.15) is 18.4 Å². The molecule has 1 heterocycles. The van der Waals surface area contributed by atoms with Gasteiger partial charge in [-0.2, -0.15) is 5.10 Å². The van der Waals surface area contributed by atoms with Crippen molar-refractivity contribution in [3.8, 4) is 11.4 Å². The summed E-state index contributed by atoms with van der Waals surface area (Å²) in [4.78, 5) is 19.4. The predicted octanol–water partition coefficient (Wildman–Crippen LogP) is 3.98. The first kappa shape index (κ1) is 19.9. The molecule has 0 unspecified atom stereocenters. The molecule has 146 valence electrons. The molecule has 6 nitrogen and oxygen atoms in total. The summed E-state index contributed by atoms with van der Waals surface area (Å²) in [6.45, 7) is 4.64. The fourth-order valence-corrected chi connectivity index (χ4v) is 3.55. The van der Waals surface area contributed by atoms with Crippen molar-refractivity contribution in [1.29, 1.82) is 0 Å². The summed E-state index contributed by atoms with van der Waals surface area (Å²) in [6.07, 6.45) is 3.16. The molecule has 0 saturated carbocycles. The lowest BCUT2D eigenvalue weighted by Gasteiger charge is -2.25. The molecule has 28 heavy (non-hydrogen) atoms. The summed E-state index contributed by atoms with van der Waals surface area (Å²) in [6, 6.07) is 15.8. The van der Waals surface area contributed by atoms with Crippen molar-refractivity contribution in [3.05, 3.63) is 66.7 Å². The van der Waals surface area contributed by atoms with Gasteiger partial charge in [-0.1, -0.05) is 12.1 Å². The molecular weight excluding hydrogens is 372 g/mol. The van der Waals surface area contributed by atoms with Crippen molar-refractivity contribution in [2.45, 2.75) is 24.8 Å². The molecule has 0 aliphatic carbocycles. The SMILES string of the molecule is CCOc1ccc(SCC(=O)N(C)[C@H](C)c2ccc(-n3cncn3)cc2)cc1. The van der Waals surface area contributed by atoms with Crippen LogP contribution in [0.25, 0.3) is 5.69 Å². The molecule has 3 rings (SSSR count). The second kappa shape index (κ2) is 9.41. The number of benzene rings is 2. The number of nitrogens with zero attached hydrogens (tertiary/aromatic N) is 4. The highest BCUT2D eigenvalue weighted by Gasteiger charge is 2.17. The molecule has 0 aliphatic heterocycles. The van der Waals surface area contributed by atoms with Gasteiger partial charge >= 0.3 is 0 Å². The lowest BCUT2D eigenvalue weighted by Crippen LogP contribution is -2.31. The molecule has 0 N–H and O–H groups in total. The monoisotopic (exact) mass is 396 g/mol. The summed E-state index contributed by atoms with van der Waals surface area (Å²) in [7, 11) is 1.84. The maximum absolute atomic E-state index is 12.6. The summed E-state index contributed by atoms with van der Waals surface area (Å²) < 4.78 is 7.15. The fourth-order valence-electron chi connectivity index (χ4n) is 2.73. The Labute approximate surface area is 169 Å². The molecule has 1 aromatic heterocycles. The minimum absolute atomic E-state index is 0.0155. The Kier molecular flexibility index (Phi) is 6.71. The van der Waals surface area contributed by atoms with Crippen LogP contribution in [-0.4, -0.2) is 45.0 Å². The highest BCUT2D eigenvalue weighted by atomic mass is 32.2. The van der Waals surface area contributed by atoms with E-state index in [0.29, 0.717) is 12.4 Å². The Bertz CT molecular complexity index is 880. The van der Waals surface area contributed by atoms with Crippen molar-refractivity contribution < 1.29 is 9.53 Å². The number of hydrogen-bond donors (Lipinski definition) is 0. The number of aromatic nitrogens is 3. The molecule has 2 aromatic carbocycles. The van der Waals surface area contributed by atoms with E-state index in [-0.39, 0.29) is 11.9 Å². The van der Waals surface area contributed by atoms with Crippen molar-refractivity contribution in [2.75, 3.05) is 19.4 Å². The number of thioether (sulfide) groups is 1. The van der Waals surface area contributed by atoms with Crippen molar-refractivity contribution in [1.82, 2.24) is 19.7 Å². The van der Waals surface area contributed by atoms with Crippen LogP contribution in [0.1, 0.15) is 25.5 Å². The zero-order valence-electron chi connectivity index (χ0n) is 16.3. The number of rotatable bonds is 8. The molecule has 0 fully saturated rings. The van der Waals surface area contributed by atoms with E-state index in [4.69, 9.17) is 4.74 Å². The van der Waals surface area contributed by atoms with E-state index in [1.807, 2.05) is 69.4 Å². The van der Waals surface area contributed by atoms with E-state index < -0.39 is 0 Å². The van der Waals surface area contributed by atoms with Gasteiger partial charge in [0.25, 0.3) is 0 Å². The second-order valence-electron chi connectivity index (χ2n) is 6.31. The van der Waals surface area contributed by atoms with Crippen LogP contribution in [-0.2, 0) is 4.79 Å². The van der Waals surface area contributed by atoms with Crippen LogP contribution < -0.4 is 4.74 Å². The molecule has 0 aliphatic rings. The Morgan fingerprint density at radius 3 is 2.50 bits per heavy atom. The highest BCUT2D eigenvalue weighted by Crippen LogP contribution is 2.24. The largest absolute Gasteiger partial charge is 0.494 e. The fraction of sp³-hybridized carbons (Fsp3) is 0.286. The van der Waals surface area contributed by atoms with Gasteiger partial charge in [-0.05, 0) is 55.8 Å². The number of amides is 1. The number of carbonyl (C=O) groups is 1. The third-order valence-electron chi connectivity index (χ3n) is 4.53. The van der Waals surface area contributed by atoms with E-state index in [2.05, 4.69) is 10.1 Å². The molecule has 3 aromatic rings. The Morgan fingerprint density at radius 2 is 1.89 bits per heavy atom. The van der Waals surface area contributed by atoms with Crippen LogP contribution >= 0.6 is 11.8 Å². The van der Waals surface area contributed by atoms with Gasteiger partial charge in [0.15, 0.2) is 0 Å². The smallest absolute Gasteiger partial charge is 0.233 e. The Morgan fingerprint density at radius 1 is 1.18 bits per heavy atom. The molecule has 0 spiro atoms. The van der Waals surface area contributed by atoms with Crippen LogP contribution in [0.2, 0.25) is 0 Å². The van der Waals surface area contributed by atoms with Gasteiger partial charge < -0.3 is 9.64 Å². The lowest BCUT2D eigenvalue weighted by atomic mass is 10.1. The topological polar surface area (TPSA) is 60.2 Å². The van der Waals surface area contributed by atoms with E-state index in [0.717, 1.165) is 21.9 Å². The third-order valence-corrected chi connectivity index (χ3v) is 5.53. The molecule has 7 heteroatoms. The zero-order chi connectivity index (χ0) is 19.9. The van der Waals surface area contributed by atoms with Gasteiger partial charge in [0, 0.05) is 11.9 Å². The predicted molar refractivity (Wildman–Crippen MR) is 111 cm³/mol. The van der Waals surface area contributed by atoms with E-state index in [9.17, 15) is 4.79 Å². The van der Waals surface area contributed by atoms with Crippen molar-refractivity contribution in [2.24, 2.45) is 0 Å². The zero-order valence-corrected chi connectivity index (χ0v) is 17.1. The van der Waals surface area contributed by atoms with Crippen LogP contribution in [0.5, 0.6) is 5.75 Å². The van der Waals surface area contributed by atoms with Crippen molar-refractivity contribution in [3.63, 3.8) is 0 Å². The average Bonchev–Trinajstić information content (AvgIpc) is 3.27. The van der Waals surface area contributed by atoms with E-state index in [1.165, 1.54) is 18.1 Å². The maximum atomic E-state index is 12.6. The number of ether oxygens (including phenoxy) is 1. The van der Waals surface area contributed by atoms with Crippen LogP contribution in [0, 0.1) is 0 Å². The molecule has 1 amide bonds.